The number of carbonyl (C=O) groups is 4. The number of nitrogens with one attached hydrogen (secondary N) is 3. The highest BCUT2D eigenvalue weighted by Gasteiger charge is 2.62. The van der Waals surface area contributed by atoms with E-state index in [1.54, 1.807) is 46.1 Å². The molecule has 2 saturated carbocycles. The zero-order valence-corrected chi connectivity index (χ0v) is 37.7. The number of halogens is 1. The fraction of sp³-hybridized carbons (Fsp3) is 0.533. The molecule has 62 heavy (non-hydrogen) atoms. The van der Waals surface area contributed by atoms with Gasteiger partial charge >= 0.3 is 6.09 Å². The quantitative estimate of drug-likeness (QED) is 0.204. The van der Waals surface area contributed by atoms with E-state index in [-0.39, 0.29) is 37.1 Å². The fourth-order valence-corrected chi connectivity index (χ4v) is 10.1. The molecule has 0 spiro atoms. The number of carbonyl (C=O) groups excluding carboxylic acids is 4. The predicted molar refractivity (Wildman–Crippen MR) is 233 cm³/mol. The maximum atomic E-state index is 15.0. The van der Waals surface area contributed by atoms with Gasteiger partial charge in [-0.2, -0.15) is 0 Å². The van der Waals surface area contributed by atoms with E-state index in [1.807, 2.05) is 43.3 Å². The SMILES string of the molecule is COc1ccc2c(O[C@@H]3C[C@H]4C(=O)N[C@]5(C(=O)NS(=O)(=O)C6CC6)CC5/C=C\CC[C@@H](C)C[C@@H](C)[C@H](NC(=O)OC(C)(C)C)C(=O)N4C3)nc(-c3ccc(OC)c(Cl)c3)cc2c1. The summed E-state index contributed by atoms with van der Waals surface area (Å²) in [6, 6.07) is 10.3. The number of ether oxygens (including phenoxy) is 4. The maximum Gasteiger partial charge on any atom is 0.408 e. The van der Waals surface area contributed by atoms with Crippen molar-refractivity contribution < 1.29 is 46.5 Å². The topological polar surface area (TPSA) is 192 Å². The Labute approximate surface area is 367 Å². The van der Waals surface area contributed by atoms with Crippen molar-refractivity contribution in [2.45, 2.75) is 114 Å². The molecule has 7 rings (SSSR count). The molecular formula is C45H56ClN5O10S. The molecule has 15 nitrogen and oxygen atoms in total. The lowest BCUT2D eigenvalue weighted by molar-refractivity contribution is -0.142. The maximum absolute atomic E-state index is 15.0. The Balaban J connectivity index is 1.27. The molecule has 3 N–H and O–H groups in total. The van der Waals surface area contributed by atoms with Crippen LogP contribution in [0.2, 0.25) is 5.02 Å². The number of allylic oxidation sites excluding steroid dienone is 1. The Kier molecular flexibility index (Phi) is 12.7. The highest BCUT2D eigenvalue weighted by Crippen LogP contribution is 2.46. The van der Waals surface area contributed by atoms with Crippen LogP contribution in [0, 0.1) is 17.8 Å². The highest BCUT2D eigenvalue weighted by atomic mass is 35.5. The van der Waals surface area contributed by atoms with Gasteiger partial charge in [0.15, 0.2) is 0 Å². The Bertz CT molecular complexity index is 2380. The van der Waals surface area contributed by atoms with Gasteiger partial charge in [-0.25, -0.2) is 18.2 Å². The van der Waals surface area contributed by atoms with Crippen LogP contribution in [0.5, 0.6) is 17.4 Å². The van der Waals surface area contributed by atoms with Crippen LogP contribution in [0.15, 0.2) is 54.6 Å². The molecule has 1 unspecified atom stereocenters. The molecule has 17 heteroatoms. The largest absolute Gasteiger partial charge is 0.497 e. The van der Waals surface area contributed by atoms with Crippen LogP contribution in [-0.2, 0) is 29.1 Å². The predicted octanol–water partition coefficient (Wildman–Crippen LogP) is 6.31. The van der Waals surface area contributed by atoms with Crippen molar-refractivity contribution in [2.24, 2.45) is 17.8 Å². The summed E-state index contributed by atoms with van der Waals surface area (Å²) in [7, 11) is -0.843. The summed E-state index contributed by atoms with van der Waals surface area (Å²) in [6.07, 6.45) is 5.29. The van der Waals surface area contributed by atoms with Crippen LogP contribution in [0.3, 0.4) is 0 Å². The van der Waals surface area contributed by atoms with Crippen molar-refractivity contribution in [1.29, 1.82) is 0 Å². The second-order valence-corrected chi connectivity index (χ2v) is 20.5. The fourth-order valence-electron chi connectivity index (χ4n) is 8.48. The standard InChI is InChI=1S/C45H56ClN5O10S/c1-25-10-8-9-11-29-23-45(29,42(54)50-62(56,57)32-14-15-32)49-39(52)36-22-31(24-51(36)41(53)38(26(2)18-25)48-43(55)61-44(3,4)5)60-40-33-16-13-30(58-6)19-28(33)21-35(47-40)27-12-17-37(59-7)34(46)20-27/h9,11-13,16-17,19-21,25-26,29,31-32,36,38H,8,10,14-15,18,22-24H2,1-7H3,(H,48,55)(H,49,52)(H,50,54)/b11-9-/t25-,26-,29?,31-,36+,38+,45-/m1/s1. The van der Waals surface area contributed by atoms with Gasteiger partial charge in [0.1, 0.15) is 40.8 Å². The Morgan fingerprint density at radius 2 is 1.76 bits per heavy atom. The van der Waals surface area contributed by atoms with Crippen molar-refractivity contribution in [1.82, 2.24) is 25.2 Å². The molecule has 2 aliphatic heterocycles. The molecule has 2 aromatic carbocycles. The van der Waals surface area contributed by atoms with E-state index >= 15 is 4.79 Å². The van der Waals surface area contributed by atoms with Crippen LogP contribution in [-0.4, -0.2) is 97.5 Å². The summed E-state index contributed by atoms with van der Waals surface area (Å²) < 4.78 is 51.4. The van der Waals surface area contributed by atoms with Crippen molar-refractivity contribution in [3.8, 4) is 28.6 Å². The number of hydrogen-bond donors (Lipinski definition) is 3. The second kappa shape index (κ2) is 17.6. The van der Waals surface area contributed by atoms with Crippen LogP contribution < -0.4 is 29.6 Å². The number of sulfonamides is 1. The van der Waals surface area contributed by atoms with E-state index in [1.165, 1.54) is 12.0 Å². The average molecular weight is 894 g/mol. The molecule has 4 aliphatic rings. The number of alkyl carbamates (subject to hydrolysis) is 1. The number of benzene rings is 2. The highest BCUT2D eigenvalue weighted by molar-refractivity contribution is 7.91. The van der Waals surface area contributed by atoms with Gasteiger partial charge in [0.05, 0.1) is 36.7 Å². The minimum absolute atomic E-state index is 0.0159. The second-order valence-electron chi connectivity index (χ2n) is 18.1. The first-order valence-corrected chi connectivity index (χ1v) is 23.1. The summed E-state index contributed by atoms with van der Waals surface area (Å²) in [6.45, 7) is 9.06. The minimum Gasteiger partial charge on any atom is -0.497 e. The summed E-state index contributed by atoms with van der Waals surface area (Å²) in [5.41, 5.74) is -1.20. The number of aromatic nitrogens is 1. The van der Waals surface area contributed by atoms with Crippen molar-refractivity contribution in [2.75, 3.05) is 20.8 Å². The van der Waals surface area contributed by atoms with Crippen LogP contribution in [0.4, 0.5) is 4.79 Å². The third-order valence-corrected chi connectivity index (χ3v) is 14.1. The van der Waals surface area contributed by atoms with Gasteiger partial charge in [-0.05, 0) is 119 Å². The summed E-state index contributed by atoms with van der Waals surface area (Å²) >= 11 is 6.53. The van der Waals surface area contributed by atoms with Gasteiger partial charge in [0.25, 0.3) is 5.91 Å². The average Bonchev–Trinajstić information content (AvgIpc) is 4.14. The molecular weight excluding hydrogens is 838 g/mol. The molecule has 7 atom stereocenters. The number of hydrogen-bond acceptors (Lipinski definition) is 11. The third-order valence-electron chi connectivity index (χ3n) is 12.0. The molecule has 1 aromatic heterocycles. The van der Waals surface area contributed by atoms with E-state index in [4.69, 9.17) is 35.5 Å². The van der Waals surface area contributed by atoms with Crippen molar-refractivity contribution in [3.05, 3.63) is 59.6 Å². The number of nitrogens with zero attached hydrogens (tertiary/aromatic N) is 2. The van der Waals surface area contributed by atoms with Crippen LogP contribution in [0.1, 0.15) is 79.6 Å². The number of amides is 4. The normalized spacial score (nSPS) is 27.4. The lowest BCUT2D eigenvalue weighted by Gasteiger charge is -2.33. The molecule has 3 aromatic rings. The van der Waals surface area contributed by atoms with Gasteiger partial charge in [-0.15, -0.1) is 0 Å². The third kappa shape index (κ3) is 9.91. The summed E-state index contributed by atoms with van der Waals surface area (Å²) in [5.74, 6) is -1.40. The van der Waals surface area contributed by atoms with E-state index in [0.717, 1.165) is 11.8 Å². The van der Waals surface area contributed by atoms with Gasteiger partial charge in [-0.1, -0.05) is 37.6 Å². The first kappa shape index (κ1) is 44.9. The monoisotopic (exact) mass is 893 g/mol. The minimum atomic E-state index is -3.94. The molecule has 3 heterocycles. The van der Waals surface area contributed by atoms with Crippen LogP contribution >= 0.6 is 11.6 Å². The van der Waals surface area contributed by atoms with Gasteiger partial charge in [0.2, 0.25) is 27.7 Å². The first-order valence-electron chi connectivity index (χ1n) is 21.1. The molecule has 0 bridgehead atoms. The molecule has 334 valence electrons. The first-order chi connectivity index (χ1) is 29.3. The lowest BCUT2D eigenvalue weighted by Crippen LogP contribution is -2.59. The summed E-state index contributed by atoms with van der Waals surface area (Å²) in [5, 5.41) is 6.84. The number of methoxy groups -OCH3 is 2. The Hall–Kier alpha value is -5.09. The Morgan fingerprint density at radius 1 is 1.00 bits per heavy atom. The summed E-state index contributed by atoms with van der Waals surface area (Å²) in [4.78, 5) is 63.3. The smallest absolute Gasteiger partial charge is 0.408 e. The number of rotatable bonds is 9. The van der Waals surface area contributed by atoms with E-state index < -0.39 is 74.3 Å². The zero-order chi connectivity index (χ0) is 44.7. The van der Waals surface area contributed by atoms with Gasteiger partial charge in [-0.3, -0.25) is 19.1 Å². The number of pyridine rings is 1. The van der Waals surface area contributed by atoms with Crippen molar-refractivity contribution in [3.63, 3.8) is 0 Å². The molecule has 2 aliphatic carbocycles. The number of fused-ring (bicyclic) bond motifs is 3. The van der Waals surface area contributed by atoms with Gasteiger partial charge in [0, 0.05) is 23.3 Å². The molecule has 1 saturated heterocycles. The molecule has 4 amide bonds. The molecule has 3 fully saturated rings. The molecule has 0 radical (unpaired) electrons. The Morgan fingerprint density at radius 3 is 2.44 bits per heavy atom. The van der Waals surface area contributed by atoms with Crippen LogP contribution in [0.25, 0.3) is 22.0 Å². The zero-order valence-electron chi connectivity index (χ0n) is 36.2. The lowest BCUT2D eigenvalue weighted by atomic mass is 9.88. The van der Waals surface area contributed by atoms with Gasteiger partial charge < -0.3 is 34.5 Å². The van der Waals surface area contributed by atoms with E-state index in [0.29, 0.717) is 58.8 Å². The van der Waals surface area contributed by atoms with E-state index in [9.17, 15) is 22.8 Å². The van der Waals surface area contributed by atoms with E-state index in [2.05, 4.69) is 22.3 Å². The van der Waals surface area contributed by atoms with Crippen molar-refractivity contribution >= 4 is 56.2 Å².